The van der Waals surface area contributed by atoms with Gasteiger partial charge in [0.05, 0.1) is 24.9 Å². The van der Waals surface area contributed by atoms with Crippen LogP contribution < -0.4 is 10.2 Å². The van der Waals surface area contributed by atoms with Crippen LogP contribution in [0.3, 0.4) is 0 Å². The van der Waals surface area contributed by atoms with Crippen LogP contribution in [0.2, 0.25) is 0 Å². The summed E-state index contributed by atoms with van der Waals surface area (Å²) >= 11 is 1.51. The molecule has 1 fully saturated rings. The molecule has 1 aromatic carbocycles. The molecule has 4 heterocycles. The maximum Gasteiger partial charge on any atom is 0.263 e. The largest absolute Gasteiger partial charge is 0.377 e. The summed E-state index contributed by atoms with van der Waals surface area (Å²) in [4.78, 5) is 23.9. The highest BCUT2D eigenvalue weighted by Gasteiger charge is 2.35. The highest BCUT2D eigenvalue weighted by atomic mass is 32.1. The molecule has 1 atom stereocenters. The molecule has 0 radical (unpaired) electrons. The Morgan fingerprint density at radius 1 is 1.36 bits per heavy atom. The Hall–Kier alpha value is -2.38. The Morgan fingerprint density at radius 2 is 2.21 bits per heavy atom. The first-order chi connectivity index (χ1) is 13.5. The van der Waals surface area contributed by atoms with Crippen molar-refractivity contribution in [2.75, 3.05) is 24.7 Å². The zero-order valence-electron chi connectivity index (χ0n) is 16.1. The number of benzene rings is 1. The molecular weight excluding hydrogens is 372 g/mol. The lowest BCUT2D eigenvalue weighted by molar-refractivity contribution is 0.0900. The number of H-pyrrole nitrogens is 1. The second-order valence-electron chi connectivity index (χ2n) is 8.30. The van der Waals surface area contributed by atoms with E-state index in [9.17, 15) is 4.79 Å². The number of rotatable bonds is 3. The van der Waals surface area contributed by atoms with Crippen LogP contribution in [0.5, 0.6) is 0 Å². The molecule has 0 unspecified atom stereocenters. The average Bonchev–Trinajstić information content (AvgIpc) is 3.24. The van der Waals surface area contributed by atoms with Gasteiger partial charge in [-0.3, -0.25) is 4.79 Å². The Balaban J connectivity index is 1.43. The van der Waals surface area contributed by atoms with E-state index in [1.54, 1.807) is 0 Å². The van der Waals surface area contributed by atoms with Crippen LogP contribution in [-0.4, -0.2) is 47.2 Å². The highest BCUT2D eigenvalue weighted by Crippen LogP contribution is 2.34. The topological polar surface area (TPSA) is 70.2 Å². The standard InChI is InChI=1S/C21H24N4O2S/c1-21(2)11-17-18(19(26)24-21)28-20(23-17)25-7-8-27-12-15(25)10-14-9-13-5-3-4-6-16(13)22-14/h3-6,9,15,22H,7-8,10-12H2,1-2H3,(H,24,26)/t15-/m0/s1. The molecule has 3 aromatic rings. The highest BCUT2D eigenvalue weighted by molar-refractivity contribution is 7.17. The predicted octanol–water partition coefficient (Wildman–Crippen LogP) is 3.14. The normalized spacial score (nSPS) is 21.6. The number of anilines is 1. The van der Waals surface area contributed by atoms with E-state index in [-0.39, 0.29) is 17.5 Å². The minimum Gasteiger partial charge on any atom is -0.377 e. The van der Waals surface area contributed by atoms with Crippen LogP contribution in [0, 0.1) is 0 Å². The van der Waals surface area contributed by atoms with Crippen molar-refractivity contribution in [3.05, 3.63) is 46.6 Å². The summed E-state index contributed by atoms with van der Waals surface area (Å²) < 4.78 is 5.78. The van der Waals surface area contributed by atoms with Crippen molar-refractivity contribution in [2.45, 2.75) is 38.3 Å². The summed E-state index contributed by atoms with van der Waals surface area (Å²) in [6.45, 7) is 6.23. The zero-order valence-corrected chi connectivity index (χ0v) is 16.9. The maximum absolute atomic E-state index is 12.5. The third-order valence-corrected chi connectivity index (χ3v) is 6.60. The second kappa shape index (κ2) is 6.60. The van der Waals surface area contributed by atoms with Crippen LogP contribution in [0.15, 0.2) is 30.3 Å². The van der Waals surface area contributed by atoms with Gasteiger partial charge < -0.3 is 19.9 Å². The number of nitrogens with one attached hydrogen (secondary N) is 2. The van der Waals surface area contributed by atoms with Gasteiger partial charge in [0.2, 0.25) is 0 Å². The quantitative estimate of drug-likeness (QED) is 0.714. The van der Waals surface area contributed by atoms with E-state index >= 15 is 0 Å². The average molecular weight is 397 g/mol. The van der Waals surface area contributed by atoms with Crippen molar-refractivity contribution < 1.29 is 9.53 Å². The SMILES string of the molecule is CC1(C)Cc2nc(N3CCOC[C@@H]3Cc3cc4ccccc4[nH]3)sc2C(=O)N1. The molecule has 2 aromatic heterocycles. The number of hydrogen-bond acceptors (Lipinski definition) is 5. The number of aromatic nitrogens is 2. The molecule has 2 aliphatic heterocycles. The Labute approximate surface area is 167 Å². The molecule has 5 rings (SSSR count). The number of ether oxygens (including phenoxy) is 1. The fourth-order valence-corrected chi connectivity index (χ4v) is 5.23. The van der Waals surface area contributed by atoms with Crippen molar-refractivity contribution in [3.8, 4) is 0 Å². The van der Waals surface area contributed by atoms with Crippen molar-refractivity contribution >= 4 is 33.3 Å². The fraction of sp³-hybridized carbons (Fsp3) is 0.429. The third kappa shape index (κ3) is 3.18. The molecule has 1 amide bonds. The van der Waals surface area contributed by atoms with E-state index in [1.807, 2.05) is 19.9 Å². The molecule has 6 nitrogen and oxygen atoms in total. The first kappa shape index (κ1) is 17.7. The molecule has 28 heavy (non-hydrogen) atoms. The first-order valence-electron chi connectivity index (χ1n) is 9.72. The fourth-order valence-electron chi connectivity index (χ4n) is 4.16. The molecule has 7 heteroatoms. The van der Waals surface area contributed by atoms with Gasteiger partial charge in [0.25, 0.3) is 5.91 Å². The van der Waals surface area contributed by atoms with E-state index in [4.69, 9.17) is 9.72 Å². The summed E-state index contributed by atoms with van der Waals surface area (Å²) in [6, 6.07) is 10.7. The summed E-state index contributed by atoms with van der Waals surface area (Å²) in [5.74, 6) is -0.00423. The number of fused-ring (bicyclic) bond motifs is 2. The Kier molecular flexibility index (Phi) is 4.17. The minimum absolute atomic E-state index is 0.00423. The van der Waals surface area contributed by atoms with E-state index in [0.29, 0.717) is 13.2 Å². The number of amides is 1. The van der Waals surface area contributed by atoms with E-state index < -0.39 is 0 Å². The number of carbonyl (C=O) groups is 1. The minimum atomic E-state index is -0.246. The van der Waals surface area contributed by atoms with E-state index in [1.165, 1.54) is 22.4 Å². The van der Waals surface area contributed by atoms with E-state index in [0.717, 1.165) is 40.6 Å². The van der Waals surface area contributed by atoms with Gasteiger partial charge >= 0.3 is 0 Å². The first-order valence-corrected chi connectivity index (χ1v) is 10.5. The van der Waals surface area contributed by atoms with Crippen LogP contribution in [-0.2, 0) is 17.6 Å². The molecular formula is C21H24N4O2S. The number of aromatic amines is 1. The number of nitrogens with zero attached hydrogens (tertiary/aromatic N) is 2. The Bertz CT molecular complexity index is 1010. The number of morpholine rings is 1. The molecule has 0 aliphatic carbocycles. The second-order valence-corrected chi connectivity index (χ2v) is 9.27. The zero-order chi connectivity index (χ0) is 19.3. The van der Waals surface area contributed by atoms with Gasteiger partial charge in [-0.2, -0.15) is 0 Å². The molecule has 1 saturated heterocycles. The summed E-state index contributed by atoms with van der Waals surface area (Å²) in [5, 5.41) is 5.24. The molecule has 0 bridgehead atoms. The van der Waals surface area contributed by atoms with Crippen molar-refractivity contribution in [3.63, 3.8) is 0 Å². The lowest BCUT2D eigenvalue weighted by atomic mass is 9.94. The summed E-state index contributed by atoms with van der Waals surface area (Å²) in [6.07, 6.45) is 1.62. The van der Waals surface area contributed by atoms with Crippen LogP contribution in [0.1, 0.15) is 34.9 Å². The lowest BCUT2D eigenvalue weighted by Gasteiger charge is -2.35. The van der Waals surface area contributed by atoms with Gasteiger partial charge in [0, 0.05) is 36.1 Å². The van der Waals surface area contributed by atoms with Gasteiger partial charge in [-0.25, -0.2) is 4.98 Å². The molecule has 146 valence electrons. The number of carbonyl (C=O) groups excluding carboxylic acids is 1. The van der Waals surface area contributed by atoms with Crippen molar-refractivity contribution in [2.24, 2.45) is 0 Å². The van der Waals surface area contributed by atoms with Crippen LogP contribution in [0.25, 0.3) is 10.9 Å². The van der Waals surface area contributed by atoms with Crippen molar-refractivity contribution in [1.29, 1.82) is 0 Å². The summed E-state index contributed by atoms with van der Waals surface area (Å²) in [5.41, 5.74) is 3.03. The number of para-hydroxylation sites is 1. The maximum atomic E-state index is 12.5. The monoisotopic (exact) mass is 396 g/mol. The molecule has 0 spiro atoms. The van der Waals surface area contributed by atoms with Gasteiger partial charge in [-0.05, 0) is 31.4 Å². The Morgan fingerprint density at radius 3 is 3.07 bits per heavy atom. The van der Waals surface area contributed by atoms with Gasteiger partial charge in [-0.1, -0.05) is 29.5 Å². The van der Waals surface area contributed by atoms with Crippen LogP contribution >= 0.6 is 11.3 Å². The molecule has 2 aliphatic rings. The summed E-state index contributed by atoms with van der Waals surface area (Å²) in [7, 11) is 0. The number of thiazole rings is 1. The van der Waals surface area contributed by atoms with Gasteiger partial charge in [0.15, 0.2) is 5.13 Å². The van der Waals surface area contributed by atoms with Crippen molar-refractivity contribution in [1.82, 2.24) is 15.3 Å². The predicted molar refractivity (Wildman–Crippen MR) is 111 cm³/mol. The smallest absolute Gasteiger partial charge is 0.263 e. The van der Waals surface area contributed by atoms with E-state index in [2.05, 4.69) is 39.5 Å². The third-order valence-electron chi connectivity index (χ3n) is 5.47. The van der Waals surface area contributed by atoms with Gasteiger partial charge in [0.1, 0.15) is 4.88 Å². The number of hydrogen-bond donors (Lipinski definition) is 2. The molecule has 2 N–H and O–H groups in total. The molecule has 0 saturated carbocycles. The lowest BCUT2D eigenvalue weighted by Crippen LogP contribution is -2.48. The van der Waals surface area contributed by atoms with Crippen LogP contribution in [0.4, 0.5) is 5.13 Å². The van der Waals surface area contributed by atoms with Gasteiger partial charge in [-0.15, -0.1) is 0 Å².